The Hall–Kier alpha value is -1.36. The van der Waals surface area contributed by atoms with E-state index in [9.17, 15) is 4.39 Å². The molecule has 5 heteroatoms. The minimum atomic E-state index is -0.596. The molecule has 3 heterocycles. The number of hydrogen-bond donors (Lipinski definition) is 1. The number of rotatable bonds is 3. The fourth-order valence-electron chi connectivity index (χ4n) is 3.05. The maximum Gasteiger partial charge on any atom is 0.125 e. The molecule has 2 fully saturated rings. The van der Waals surface area contributed by atoms with Crippen molar-refractivity contribution >= 4 is 11.5 Å². The number of aromatic nitrogens is 1. The van der Waals surface area contributed by atoms with E-state index in [1.807, 2.05) is 18.3 Å². The van der Waals surface area contributed by atoms with Gasteiger partial charge in [-0.1, -0.05) is 0 Å². The number of nitrogens with zero attached hydrogens (tertiary/aromatic N) is 3. The standard InChI is InChI=1S/C14H21FN4/c15-12-9-18(10-12)7-11-2-1-5-19(8-11)13-3-4-14(16)17-6-13/h3-4,6,11-12H,1-2,5,7-10H2,(H2,16,17)/t11-/m1/s1. The smallest absolute Gasteiger partial charge is 0.125 e. The number of pyridine rings is 1. The highest BCUT2D eigenvalue weighted by molar-refractivity contribution is 5.48. The van der Waals surface area contributed by atoms with Gasteiger partial charge >= 0.3 is 0 Å². The highest BCUT2D eigenvalue weighted by Gasteiger charge is 2.30. The van der Waals surface area contributed by atoms with Gasteiger partial charge in [-0.05, 0) is 30.9 Å². The van der Waals surface area contributed by atoms with E-state index in [2.05, 4.69) is 14.8 Å². The van der Waals surface area contributed by atoms with Crippen LogP contribution in [0.2, 0.25) is 0 Å². The maximum atomic E-state index is 12.8. The van der Waals surface area contributed by atoms with Crippen LogP contribution in [0.3, 0.4) is 0 Å². The Balaban J connectivity index is 1.56. The van der Waals surface area contributed by atoms with Gasteiger partial charge in [0.15, 0.2) is 0 Å². The lowest BCUT2D eigenvalue weighted by atomic mass is 9.95. The van der Waals surface area contributed by atoms with Crippen LogP contribution in [0.4, 0.5) is 15.9 Å². The number of likely N-dealkylation sites (tertiary alicyclic amines) is 1. The van der Waals surface area contributed by atoms with Gasteiger partial charge in [-0.3, -0.25) is 4.90 Å². The summed E-state index contributed by atoms with van der Waals surface area (Å²) in [7, 11) is 0. The largest absolute Gasteiger partial charge is 0.384 e. The van der Waals surface area contributed by atoms with Gasteiger partial charge in [0.25, 0.3) is 0 Å². The molecular formula is C14H21FN4. The van der Waals surface area contributed by atoms with E-state index in [-0.39, 0.29) is 0 Å². The molecule has 0 radical (unpaired) electrons. The molecule has 1 aromatic rings. The van der Waals surface area contributed by atoms with Gasteiger partial charge in [-0.15, -0.1) is 0 Å². The van der Waals surface area contributed by atoms with E-state index in [1.54, 1.807) is 0 Å². The molecule has 1 aromatic heterocycles. The predicted octanol–water partition coefficient (Wildman–Crippen LogP) is 1.53. The zero-order valence-electron chi connectivity index (χ0n) is 11.1. The van der Waals surface area contributed by atoms with Crippen molar-refractivity contribution in [2.24, 2.45) is 5.92 Å². The minimum Gasteiger partial charge on any atom is -0.384 e. The van der Waals surface area contributed by atoms with E-state index in [1.165, 1.54) is 12.8 Å². The topological polar surface area (TPSA) is 45.4 Å². The third-order valence-electron chi connectivity index (χ3n) is 4.08. The van der Waals surface area contributed by atoms with Gasteiger partial charge in [0.05, 0.1) is 11.9 Å². The molecular weight excluding hydrogens is 243 g/mol. The summed E-state index contributed by atoms with van der Waals surface area (Å²) in [5, 5.41) is 0. The molecule has 2 saturated heterocycles. The second-order valence-electron chi connectivity index (χ2n) is 5.71. The molecule has 0 bridgehead atoms. The maximum absolute atomic E-state index is 12.8. The first-order valence-electron chi connectivity index (χ1n) is 7.03. The summed E-state index contributed by atoms with van der Waals surface area (Å²) in [5.41, 5.74) is 6.76. The summed E-state index contributed by atoms with van der Waals surface area (Å²) in [6.45, 7) is 4.39. The molecule has 0 unspecified atom stereocenters. The fraction of sp³-hybridized carbons (Fsp3) is 0.643. The SMILES string of the molecule is Nc1ccc(N2CCC[C@H](CN3CC(F)C3)C2)cn1. The first-order valence-corrected chi connectivity index (χ1v) is 7.03. The van der Waals surface area contributed by atoms with E-state index in [0.29, 0.717) is 24.8 Å². The Labute approximate surface area is 113 Å². The summed E-state index contributed by atoms with van der Waals surface area (Å²) < 4.78 is 12.8. The molecule has 2 aliphatic heterocycles. The van der Waals surface area contributed by atoms with Crippen LogP contribution in [-0.4, -0.2) is 48.8 Å². The normalized spacial score (nSPS) is 25.3. The van der Waals surface area contributed by atoms with Crippen molar-refractivity contribution < 1.29 is 4.39 Å². The second-order valence-corrected chi connectivity index (χ2v) is 5.71. The molecule has 0 aliphatic carbocycles. The number of hydrogen-bond acceptors (Lipinski definition) is 4. The Morgan fingerprint density at radius 2 is 2.16 bits per heavy atom. The number of nitrogen functional groups attached to an aromatic ring is 1. The second kappa shape index (κ2) is 5.33. The molecule has 1 atom stereocenters. The summed E-state index contributed by atoms with van der Waals surface area (Å²) >= 11 is 0. The monoisotopic (exact) mass is 264 g/mol. The lowest BCUT2D eigenvalue weighted by Gasteiger charge is -2.40. The van der Waals surface area contributed by atoms with Crippen LogP contribution in [-0.2, 0) is 0 Å². The first-order chi connectivity index (χ1) is 9.20. The van der Waals surface area contributed by atoms with Crippen LogP contribution < -0.4 is 10.6 Å². The lowest BCUT2D eigenvalue weighted by Crippen LogP contribution is -2.52. The van der Waals surface area contributed by atoms with Crippen molar-refractivity contribution in [3.8, 4) is 0 Å². The summed E-state index contributed by atoms with van der Waals surface area (Å²) in [5.74, 6) is 1.20. The highest BCUT2D eigenvalue weighted by atomic mass is 19.1. The Morgan fingerprint density at radius 3 is 2.84 bits per heavy atom. The first kappa shape index (κ1) is 12.7. The van der Waals surface area contributed by atoms with E-state index in [0.717, 1.165) is 25.3 Å². The third kappa shape index (κ3) is 2.97. The van der Waals surface area contributed by atoms with Gasteiger partial charge < -0.3 is 10.6 Å². The zero-order valence-corrected chi connectivity index (χ0v) is 11.1. The number of halogens is 1. The quantitative estimate of drug-likeness (QED) is 0.899. The van der Waals surface area contributed by atoms with Crippen LogP contribution in [0.15, 0.2) is 18.3 Å². The molecule has 0 amide bonds. The number of anilines is 2. The van der Waals surface area contributed by atoms with E-state index >= 15 is 0 Å². The number of piperidine rings is 1. The van der Waals surface area contributed by atoms with Crippen LogP contribution in [0.1, 0.15) is 12.8 Å². The molecule has 104 valence electrons. The number of nitrogens with two attached hydrogens (primary N) is 1. The number of alkyl halides is 1. The molecule has 3 rings (SSSR count). The van der Waals surface area contributed by atoms with Crippen LogP contribution in [0.5, 0.6) is 0 Å². The fourth-order valence-corrected chi connectivity index (χ4v) is 3.05. The van der Waals surface area contributed by atoms with Crippen molar-refractivity contribution in [2.45, 2.75) is 19.0 Å². The average molecular weight is 264 g/mol. The Bertz CT molecular complexity index is 416. The molecule has 4 nitrogen and oxygen atoms in total. The van der Waals surface area contributed by atoms with Crippen molar-refractivity contribution in [1.82, 2.24) is 9.88 Å². The Morgan fingerprint density at radius 1 is 1.32 bits per heavy atom. The van der Waals surface area contributed by atoms with Crippen molar-refractivity contribution in [2.75, 3.05) is 43.4 Å². The van der Waals surface area contributed by atoms with Crippen molar-refractivity contribution in [3.63, 3.8) is 0 Å². The molecule has 2 N–H and O–H groups in total. The molecule has 19 heavy (non-hydrogen) atoms. The van der Waals surface area contributed by atoms with E-state index in [4.69, 9.17) is 5.73 Å². The van der Waals surface area contributed by atoms with Gasteiger partial charge in [0.2, 0.25) is 0 Å². The molecule has 0 spiro atoms. The van der Waals surface area contributed by atoms with Crippen LogP contribution >= 0.6 is 0 Å². The van der Waals surface area contributed by atoms with Gasteiger partial charge in [0, 0.05) is 32.7 Å². The summed E-state index contributed by atoms with van der Waals surface area (Å²) in [4.78, 5) is 8.74. The van der Waals surface area contributed by atoms with Gasteiger partial charge in [-0.2, -0.15) is 0 Å². The lowest BCUT2D eigenvalue weighted by molar-refractivity contribution is 0.0494. The van der Waals surface area contributed by atoms with Crippen LogP contribution in [0.25, 0.3) is 0 Å². The average Bonchev–Trinajstić information content (AvgIpc) is 2.38. The zero-order chi connectivity index (χ0) is 13.2. The van der Waals surface area contributed by atoms with Gasteiger partial charge in [-0.25, -0.2) is 9.37 Å². The summed E-state index contributed by atoms with van der Waals surface area (Å²) in [6.07, 6.45) is 3.69. The molecule has 0 aromatic carbocycles. The minimum absolute atomic E-state index is 0.562. The van der Waals surface area contributed by atoms with Crippen LogP contribution in [0, 0.1) is 5.92 Å². The Kier molecular flexibility index (Phi) is 3.55. The van der Waals surface area contributed by atoms with E-state index < -0.39 is 6.17 Å². The molecule has 0 saturated carbocycles. The van der Waals surface area contributed by atoms with Gasteiger partial charge in [0.1, 0.15) is 12.0 Å². The van der Waals surface area contributed by atoms with Crippen molar-refractivity contribution in [3.05, 3.63) is 18.3 Å². The summed E-state index contributed by atoms with van der Waals surface area (Å²) in [6, 6.07) is 3.88. The van der Waals surface area contributed by atoms with Crippen molar-refractivity contribution in [1.29, 1.82) is 0 Å². The third-order valence-corrected chi connectivity index (χ3v) is 4.08. The highest BCUT2D eigenvalue weighted by Crippen LogP contribution is 2.25. The molecule has 2 aliphatic rings. The predicted molar refractivity (Wildman–Crippen MR) is 74.9 cm³/mol.